The van der Waals surface area contributed by atoms with Gasteiger partial charge in [0.25, 0.3) is 0 Å². The Balaban J connectivity index is 2.43. The Morgan fingerprint density at radius 1 is 1.41 bits per heavy atom. The Bertz CT molecular complexity index is 553. The average molecular weight is 320 g/mol. The van der Waals surface area contributed by atoms with Crippen molar-refractivity contribution in [2.24, 2.45) is 0 Å². The van der Waals surface area contributed by atoms with Crippen LogP contribution in [0.25, 0.3) is 0 Å². The van der Waals surface area contributed by atoms with Gasteiger partial charge >= 0.3 is 0 Å². The van der Waals surface area contributed by atoms with E-state index in [0.29, 0.717) is 20.8 Å². The minimum atomic E-state index is -1.09. The number of aliphatic hydroxyl groups is 1. The van der Waals surface area contributed by atoms with Crippen LogP contribution in [0.1, 0.15) is 23.0 Å². The van der Waals surface area contributed by atoms with E-state index in [4.69, 9.17) is 16.0 Å². The van der Waals surface area contributed by atoms with Crippen LogP contribution in [0, 0.1) is 12.7 Å². The van der Waals surface area contributed by atoms with Crippen molar-refractivity contribution in [3.63, 3.8) is 0 Å². The first-order valence-corrected chi connectivity index (χ1v) is 6.03. The lowest BCUT2D eigenvalue weighted by atomic mass is 10.0. The summed E-state index contributed by atoms with van der Waals surface area (Å²) in [6.45, 7) is 1.75. The van der Waals surface area contributed by atoms with Gasteiger partial charge in [0.15, 0.2) is 0 Å². The van der Waals surface area contributed by atoms with Crippen LogP contribution in [0.5, 0.6) is 0 Å². The molecule has 0 radical (unpaired) electrons. The molecule has 0 amide bonds. The summed E-state index contributed by atoms with van der Waals surface area (Å²) >= 11 is 8.99. The zero-order valence-corrected chi connectivity index (χ0v) is 11.2. The Morgan fingerprint density at radius 2 is 2.12 bits per heavy atom. The monoisotopic (exact) mass is 318 g/mol. The maximum atomic E-state index is 13.7. The minimum Gasteiger partial charge on any atom is -0.469 e. The van der Waals surface area contributed by atoms with E-state index in [1.165, 1.54) is 18.4 Å². The molecular weight excluding hydrogens is 310 g/mol. The van der Waals surface area contributed by atoms with Gasteiger partial charge in [0, 0.05) is 15.6 Å². The topological polar surface area (TPSA) is 33.4 Å². The van der Waals surface area contributed by atoms with E-state index in [1.54, 1.807) is 13.0 Å². The molecule has 0 bridgehead atoms. The summed E-state index contributed by atoms with van der Waals surface area (Å²) in [6, 6.07) is 4.28. The second-order valence-electron chi connectivity index (χ2n) is 3.68. The number of hydrogen-bond acceptors (Lipinski definition) is 2. The largest absolute Gasteiger partial charge is 0.469 e. The first kappa shape index (κ1) is 12.6. The van der Waals surface area contributed by atoms with Crippen LogP contribution in [-0.4, -0.2) is 5.11 Å². The molecule has 0 saturated heterocycles. The van der Waals surface area contributed by atoms with Crippen LogP contribution in [0.3, 0.4) is 0 Å². The molecule has 0 aliphatic carbocycles. The first-order chi connectivity index (χ1) is 7.99. The van der Waals surface area contributed by atoms with Gasteiger partial charge in [-0.3, -0.25) is 0 Å². The smallest absolute Gasteiger partial charge is 0.130 e. The summed E-state index contributed by atoms with van der Waals surface area (Å²) in [4.78, 5) is 0. The molecule has 0 aliphatic rings. The summed E-state index contributed by atoms with van der Waals surface area (Å²) in [5.41, 5.74) is 0.624. The molecule has 0 aliphatic heterocycles. The van der Waals surface area contributed by atoms with Gasteiger partial charge in [-0.25, -0.2) is 4.39 Å². The molecule has 17 heavy (non-hydrogen) atoms. The van der Waals surface area contributed by atoms with Gasteiger partial charge in [-0.15, -0.1) is 0 Å². The number of benzene rings is 1. The molecule has 0 saturated carbocycles. The third-order valence-electron chi connectivity index (χ3n) is 2.40. The highest BCUT2D eigenvalue weighted by atomic mass is 79.9. The molecule has 1 aromatic carbocycles. The number of furan rings is 1. The Hall–Kier alpha value is -0.840. The third kappa shape index (κ3) is 2.54. The molecule has 90 valence electrons. The first-order valence-electron chi connectivity index (χ1n) is 4.86. The normalized spacial score (nSPS) is 12.8. The molecule has 0 fully saturated rings. The van der Waals surface area contributed by atoms with E-state index in [9.17, 15) is 9.50 Å². The van der Waals surface area contributed by atoms with E-state index in [-0.39, 0.29) is 5.56 Å². The molecule has 2 rings (SSSR count). The Kier molecular flexibility index (Phi) is 3.56. The highest BCUT2D eigenvalue weighted by Gasteiger charge is 2.18. The maximum absolute atomic E-state index is 13.7. The van der Waals surface area contributed by atoms with Gasteiger partial charge in [-0.05, 0) is 41.1 Å². The summed E-state index contributed by atoms with van der Waals surface area (Å²) < 4.78 is 19.2. The van der Waals surface area contributed by atoms with Crippen LogP contribution < -0.4 is 0 Å². The van der Waals surface area contributed by atoms with Crippen molar-refractivity contribution >= 4 is 27.5 Å². The van der Waals surface area contributed by atoms with Crippen molar-refractivity contribution < 1.29 is 13.9 Å². The minimum absolute atomic E-state index is 0.124. The SMILES string of the molecule is Cc1cc(C(O)c2cc(Cl)c(Br)cc2F)co1. The number of aryl methyl sites for hydroxylation is 1. The van der Waals surface area contributed by atoms with Crippen molar-refractivity contribution in [2.75, 3.05) is 0 Å². The zero-order chi connectivity index (χ0) is 12.6. The quantitative estimate of drug-likeness (QED) is 0.841. The molecule has 1 unspecified atom stereocenters. The van der Waals surface area contributed by atoms with Gasteiger partial charge in [-0.1, -0.05) is 11.6 Å². The van der Waals surface area contributed by atoms with Crippen molar-refractivity contribution in [3.05, 3.63) is 56.7 Å². The molecule has 2 aromatic rings. The summed E-state index contributed by atoms with van der Waals surface area (Å²) in [6.07, 6.45) is 0.313. The van der Waals surface area contributed by atoms with Crippen LogP contribution in [-0.2, 0) is 0 Å². The number of hydrogen-bond donors (Lipinski definition) is 1. The van der Waals surface area contributed by atoms with E-state index >= 15 is 0 Å². The average Bonchev–Trinajstić information content (AvgIpc) is 2.69. The zero-order valence-electron chi connectivity index (χ0n) is 8.88. The van der Waals surface area contributed by atoms with E-state index in [2.05, 4.69) is 15.9 Å². The van der Waals surface area contributed by atoms with Crippen molar-refractivity contribution in [1.29, 1.82) is 0 Å². The Morgan fingerprint density at radius 3 is 2.71 bits per heavy atom. The summed E-state index contributed by atoms with van der Waals surface area (Å²) in [5.74, 6) is 0.135. The second-order valence-corrected chi connectivity index (χ2v) is 4.94. The van der Waals surface area contributed by atoms with Gasteiger partial charge in [0.1, 0.15) is 17.7 Å². The molecule has 1 heterocycles. The van der Waals surface area contributed by atoms with E-state index < -0.39 is 11.9 Å². The lowest BCUT2D eigenvalue weighted by Crippen LogP contribution is -2.01. The van der Waals surface area contributed by atoms with E-state index in [0.717, 1.165) is 0 Å². The number of halogens is 3. The van der Waals surface area contributed by atoms with Crippen molar-refractivity contribution in [1.82, 2.24) is 0 Å². The molecule has 5 heteroatoms. The van der Waals surface area contributed by atoms with Crippen LogP contribution in [0.4, 0.5) is 4.39 Å². The lowest BCUT2D eigenvalue weighted by molar-refractivity contribution is 0.214. The summed E-state index contributed by atoms with van der Waals surface area (Å²) in [5, 5.41) is 10.4. The van der Waals surface area contributed by atoms with Crippen LogP contribution in [0.2, 0.25) is 5.02 Å². The van der Waals surface area contributed by atoms with Gasteiger partial charge < -0.3 is 9.52 Å². The number of aliphatic hydroxyl groups excluding tert-OH is 1. The van der Waals surface area contributed by atoms with Gasteiger partial charge in [-0.2, -0.15) is 0 Å². The predicted octanol–water partition coefficient (Wildman–Crippen LogP) is 4.22. The molecular formula is C12H9BrClFO2. The fraction of sp³-hybridized carbons (Fsp3) is 0.167. The molecule has 1 aromatic heterocycles. The Labute approximate surface area is 111 Å². The van der Waals surface area contributed by atoms with Crippen LogP contribution in [0.15, 0.2) is 33.4 Å². The standard InChI is InChI=1S/C12H9BrClFO2/c1-6-2-7(5-17-6)12(16)8-3-10(14)9(13)4-11(8)15/h2-5,12,16H,1H3. The van der Waals surface area contributed by atoms with Crippen molar-refractivity contribution in [3.8, 4) is 0 Å². The van der Waals surface area contributed by atoms with Gasteiger partial charge in [0.2, 0.25) is 0 Å². The molecule has 2 nitrogen and oxygen atoms in total. The highest BCUT2D eigenvalue weighted by Crippen LogP contribution is 2.32. The van der Waals surface area contributed by atoms with Gasteiger partial charge in [0.05, 0.1) is 11.3 Å². The fourth-order valence-corrected chi connectivity index (χ4v) is 2.02. The predicted molar refractivity (Wildman–Crippen MR) is 66.6 cm³/mol. The third-order valence-corrected chi connectivity index (χ3v) is 3.60. The van der Waals surface area contributed by atoms with Crippen LogP contribution >= 0.6 is 27.5 Å². The fourth-order valence-electron chi connectivity index (χ4n) is 1.53. The molecule has 1 atom stereocenters. The van der Waals surface area contributed by atoms with Crippen molar-refractivity contribution in [2.45, 2.75) is 13.0 Å². The molecule has 1 N–H and O–H groups in total. The molecule has 0 spiro atoms. The lowest BCUT2D eigenvalue weighted by Gasteiger charge is -2.11. The second kappa shape index (κ2) is 4.80. The maximum Gasteiger partial charge on any atom is 0.130 e. The van der Waals surface area contributed by atoms with E-state index in [1.807, 2.05) is 0 Å². The summed E-state index contributed by atoms with van der Waals surface area (Å²) in [7, 11) is 0. The number of rotatable bonds is 2. The highest BCUT2D eigenvalue weighted by molar-refractivity contribution is 9.10.